The molecule has 0 aliphatic rings. The molecule has 106 valence electrons. The minimum Gasteiger partial charge on any atom is -0.445 e. The summed E-state index contributed by atoms with van der Waals surface area (Å²) in [5.41, 5.74) is -0.00871. The van der Waals surface area contributed by atoms with Crippen LogP contribution in [-0.4, -0.2) is 37.1 Å². The fourth-order valence-corrected chi connectivity index (χ4v) is 1.59. The summed E-state index contributed by atoms with van der Waals surface area (Å²) in [7, 11) is 1.52. The van der Waals surface area contributed by atoms with Gasteiger partial charge in [-0.05, 0) is 18.9 Å². The van der Waals surface area contributed by atoms with Crippen LogP contribution in [0.1, 0.15) is 18.9 Å². The lowest BCUT2D eigenvalue weighted by molar-refractivity contribution is -0.0220. The quantitative estimate of drug-likeness (QED) is 0.789. The van der Waals surface area contributed by atoms with Crippen LogP contribution in [-0.2, 0) is 16.1 Å². The number of amides is 1. The van der Waals surface area contributed by atoms with E-state index in [2.05, 4.69) is 5.32 Å². The standard InChI is InChI=1S/C14H21NO4/c1-14(17,11-18-2)8-9-15-13(16)19-10-12-6-4-3-5-7-12/h3-7,17H,8-11H2,1-2H3,(H,15,16). The zero-order valence-electron chi connectivity index (χ0n) is 11.4. The van der Waals surface area contributed by atoms with E-state index in [1.807, 2.05) is 30.3 Å². The van der Waals surface area contributed by atoms with Gasteiger partial charge in [0.15, 0.2) is 0 Å². The van der Waals surface area contributed by atoms with E-state index < -0.39 is 11.7 Å². The summed E-state index contributed by atoms with van der Waals surface area (Å²) >= 11 is 0. The summed E-state index contributed by atoms with van der Waals surface area (Å²) in [6, 6.07) is 9.45. The third-order valence-electron chi connectivity index (χ3n) is 2.60. The summed E-state index contributed by atoms with van der Waals surface area (Å²) in [4.78, 5) is 11.4. The van der Waals surface area contributed by atoms with Gasteiger partial charge in [-0.2, -0.15) is 0 Å². The Bertz CT molecular complexity index is 378. The first-order valence-corrected chi connectivity index (χ1v) is 6.19. The van der Waals surface area contributed by atoms with Crippen molar-refractivity contribution >= 4 is 6.09 Å². The summed E-state index contributed by atoms with van der Waals surface area (Å²) in [5, 5.41) is 12.4. The number of aliphatic hydroxyl groups is 1. The molecule has 1 rings (SSSR count). The molecule has 0 radical (unpaired) electrons. The van der Waals surface area contributed by atoms with Crippen molar-refractivity contribution in [3.05, 3.63) is 35.9 Å². The van der Waals surface area contributed by atoms with Crippen LogP contribution in [0.3, 0.4) is 0 Å². The third kappa shape index (κ3) is 6.79. The minimum atomic E-state index is -0.943. The van der Waals surface area contributed by atoms with E-state index in [1.165, 1.54) is 7.11 Å². The van der Waals surface area contributed by atoms with Crippen molar-refractivity contribution in [1.29, 1.82) is 0 Å². The van der Waals surface area contributed by atoms with E-state index in [1.54, 1.807) is 6.92 Å². The maximum atomic E-state index is 11.4. The highest BCUT2D eigenvalue weighted by Crippen LogP contribution is 2.08. The van der Waals surface area contributed by atoms with Crippen LogP contribution < -0.4 is 5.32 Å². The summed E-state index contributed by atoms with van der Waals surface area (Å²) in [6.07, 6.45) is -0.0848. The second kappa shape index (κ2) is 7.76. The normalized spacial score (nSPS) is 13.6. The number of methoxy groups -OCH3 is 1. The van der Waals surface area contributed by atoms with Gasteiger partial charge in [0.05, 0.1) is 12.2 Å². The van der Waals surface area contributed by atoms with Gasteiger partial charge in [-0.3, -0.25) is 0 Å². The Labute approximate surface area is 113 Å². The molecule has 2 N–H and O–H groups in total. The van der Waals surface area contributed by atoms with Gasteiger partial charge >= 0.3 is 6.09 Å². The molecule has 1 unspecified atom stereocenters. The SMILES string of the molecule is COCC(C)(O)CCNC(=O)OCc1ccccc1. The molecule has 5 heteroatoms. The predicted molar refractivity (Wildman–Crippen MR) is 71.7 cm³/mol. The second-order valence-corrected chi connectivity index (χ2v) is 4.67. The molecule has 1 aromatic carbocycles. The van der Waals surface area contributed by atoms with Crippen LogP contribution in [0.25, 0.3) is 0 Å². The molecule has 0 aliphatic carbocycles. The average molecular weight is 267 g/mol. The monoisotopic (exact) mass is 267 g/mol. The van der Waals surface area contributed by atoms with Gasteiger partial charge in [0.1, 0.15) is 6.61 Å². The number of hydrogen-bond donors (Lipinski definition) is 2. The second-order valence-electron chi connectivity index (χ2n) is 4.67. The maximum absolute atomic E-state index is 11.4. The molecule has 0 bridgehead atoms. The highest BCUT2D eigenvalue weighted by atomic mass is 16.5. The van der Waals surface area contributed by atoms with Gasteiger partial charge in [0, 0.05) is 13.7 Å². The molecule has 0 aliphatic heterocycles. The molecule has 5 nitrogen and oxygen atoms in total. The lowest BCUT2D eigenvalue weighted by Crippen LogP contribution is -2.36. The van der Waals surface area contributed by atoms with Crippen molar-refractivity contribution in [2.45, 2.75) is 25.6 Å². The number of nitrogens with one attached hydrogen (secondary N) is 1. The van der Waals surface area contributed by atoms with Gasteiger partial charge in [-0.15, -0.1) is 0 Å². The molecule has 0 spiro atoms. The van der Waals surface area contributed by atoms with Gasteiger partial charge < -0.3 is 19.9 Å². The molecule has 0 heterocycles. The molecule has 0 aromatic heterocycles. The first-order valence-electron chi connectivity index (χ1n) is 6.19. The number of alkyl carbamates (subject to hydrolysis) is 1. The fourth-order valence-electron chi connectivity index (χ4n) is 1.59. The smallest absolute Gasteiger partial charge is 0.407 e. The number of benzene rings is 1. The van der Waals surface area contributed by atoms with Crippen molar-refractivity contribution in [3.63, 3.8) is 0 Å². The molecular weight excluding hydrogens is 246 g/mol. The summed E-state index contributed by atoms with van der Waals surface area (Å²) in [6.45, 7) is 2.46. The lowest BCUT2D eigenvalue weighted by Gasteiger charge is -2.21. The van der Waals surface area contributed by atoms with Crippen LogP contribution in [0.2, 0.25) is 0 Å². The molecule has 1 amide bonds. The number of carbonyl (C=O) groups excluding carboxylic acids is 1. The third-order valence-corrected chi connectivity index (χ3v) is 2.60. The van der Waals surface area contributed by atoms with Crippen LogP contribution in [0, 0.1) is 0 Å². The highest BCUT2D eigenvalue weighted by molar-refractivity contribution is 5.67. The number of rotatable bonds is 7. The Hall–Kier alpha value is -1.59. The molecule has 1 atom stereocenters. The van der Waals surface area contributed by atoms with Gasteiger partial charge in [-0.25, -0.2) is 4.79 Å². The Morgan fingerprint density at radius 1 is 1.37 bits per heavy atom. The highest BCUT2D eigenvalue weighted by Gasteiger charge is 2.19. The molecule has 1 aromatic rings. The van der Waals surface area contributed by atoms with E-state index in [-0.39, 0.29) is 13.2 Å². The Morgan fingerprint density at radius 2 is 2.05 bits per heavy atom. The summed E-state index contributed by atoms with van der Waals surface area (Å²) < 4.78 is 9.92. The molecular formula is C14H21NO4. The van der Waals surface area contributed by atoms with Crippen molar-refractivity contribution in [2.75, 3.05) is 20.3 Å². The number of ether oxygens (including phenoxy) is 2. The molecule has 0 fully saturated rings. The van der Waals surface area contributed by atoms with Crippen LogP contribution in [0.4, 0.5) is 4.79 Å². The predicted octanol–water partition coefficient (Wildman–Crippen LogP) is 1.70. The zero-order valence-corrected chi connectivity index (χ0v) is 11.4. The molecule has 0 saturated carbocycles. The first kappa shape index (κ1) is 15.5. The van der Waals surface area contributed by atoms with Crippen molar-refractivity contribution in [3.8, 4) is 0 Å². The van der Waals surface area contributed by atoms with E-state index in [0.29, 0.717) is 13.0 Å². The van der Waals surface area contributed by atoms with Gasteiger partial charge in [-0.1, -0.05) is 30.3 Å². The fraction of sp³-hybridized carbons (Fsp3) is 0.500. The first-order chi connectivity index (χ1) is 9.03. The topological polar surface area (TPSA) is 67.8 Å². The van der Waals surface area contributed by atoms with E-state index in [0.717, 1.165) is 5.56 Å². The van der Waals surface area contributed by atoms with E-state index in [9.17, 15) is 9.90 Å². The van der Waals surface area contributed by atoms with Crippen molar-refractivity contribution in [2.24, 2.45) is 0 Å². The summed E-state index contributed by atoms with van der Waals surface area (Å²) in [5.74, 6) is 0. The van der Waals surface area contributed by atoms with Crippen molar-refractivity contribution < 1.29 is 19.4 Å². The van der Waals surface area contributed by atoms with Crippen LogP contribution >= 0.6 is 0 Å². The Morgan fingerprint density at radius 3 is 2.68 bits per heavy atom. The van der Waals surface area contributed by atoms with Crippen LogP contribution in [0.15, 0.2) is 30.3 Å². The van der Waals surface area contributed by atoms with E-state index >= 15 is 0 Å². The van der Waals surface area contributed by atoms with E-state index in [4.69, 9.17) is 9.47 Å². The molecule has 19 heavy (non-hydrogen) atoms. The van der Waals surface area contributed by atoms with Gasteiger partial charge in [0.2, 0.25) is 0 Å². The van der Waals surface area contributed by atoms with Crippen LogP contribution in [0.5, 0.6) is 0 Å². The van der Waals surface area contributed by atoms with Crippen molar-refractivity contribution in [1.82, 2.24) is 5.32 Å². The maximum Gasteiger partial charge on any atom is 0.407 e. The zero-order chi connectivity index (χ0) is 14.1. The minimum absolute atomic E-state index is 0.230. The number of hydrogen-bond acceptors (Lipinski definition) is 4. The molecule has 0 saturated heterocycles. The lowest BCUT2D eigenvalue weighted by atomic mass is 10.0. The van der Waals surface area contributed by atoms with Gasteiger partial charge in [0.25, 0.3) is 0 Å². The average Bonchev–Trinajstić information content (AvgIpc) is 2.37. The Kier molecular flexibility index (Phi) is 6.32. The Balaban J connectivity index is 2.18. The number of carbonyl (C=O) groups is 1. The largest absolute Gasteiger partial charge is 0.445 e.